The number of benzene rings is 2. The number of carbonyl (C=O) groups is 1. The van der Waals surface area contributed by atoms with Crippen molar-refractivity contribution in [2.24, 2.45) is 5.92 Å². The molecule has 0 amide bonds. The van der Waals surface area contributed by atoms with Crippen molar-refractivity contribution in [3.8, 4) is 11.5 Å². The van der Waals surface area contributed by atoms with Gasteiger partial charge in [-0.1, -0.05) is 31.2 Å². The smallest absolute Gasteiger partial charge is 0.164 e. The Morgan fingerprint density at radius 2 is 1.76 bits per heavy atom. The Hall–Kier alpha value is -2.40. The molecular weight excluding hydrogens is 369 g/mol. The van der Waals surface area contributed by atoms with E-state index in [0.29, 0.717) is 12.3 Å². The van der Waals surface area contributed by atoms with Crippen molar-refractivity contribution < 1.29 is 18.7 Å². The highest BCUT2D eigenvalue weighted by Crippen LogP contribution is 2.40. The van der Waals surface area contributed by atoms with E-state index in [0.717, 1.165) is 29.3 Å². The number of ether oxygens (including phenoxy) is 2. The van der Waals surface area contributed by atoms with Crippen LogP contribution in [0, 0.1) is 11.7 Å². The minimum Gasteiger partial charge on any atom is -0.493 e. The lowest BCUT2D eigenvalue weighted by molar-refractivity contribution is -0.107. The molecule has 158 valence electrons. The first kappa shape index (κ1) is 22.9. The maximum Gasteiger partial charge on any atom is 0.164 e. The average Bonchev–Trinajstić information content (AvgIpc) is 2.75. The predicted octanol–water partition coefficient (Wildman–Crippen LogP) is 4.72. The Morgan fingerprint density at radius 3 is 2.31 bits per heavy atom. The van der Waals surface area contributed by atoms with Gasteiger partial charge in [0.25, 0.3) is 0 Å². The van der Waals surface area contributed by atoms with Crippen LogP contribution in [0.1, 0.15) is 36.8 Å². The van der Waals surface area contributed by atoms with Gasteiger partial charge in [-0.3, -0.25) is 0 Å². The van der Waals surface area contributed by atoms with Gasteiger partial charge in [-0.05, 0) is 68.6 Å². The highest BCUT2D eigenvalue weighted by Gasteiger charge is 2.26. The monoisotopic (exact) mass is 401 g/mol. The molecule has 0 spiro atoms. The van der Waals surface area contributed by atoms with Gasteiger partial charge < -0.3 is 19.2 Å². The zero-order chi connectivity index (χ0) is 21.2. The molecule has 1 unspecified atom stereocenters. The highest BCUT2D eigenvalue weighted by atomic mass is 19.1. The van der Waals surface area contributed by atoms with Gasteiger partial charge >= 0.3 is 0 Å². The van der Waals surface area contributed by atoms with E-state index in [1.54, 1.807) is 26.4 Å². The average molecular weight is 402 g/mol. The third-order valence-electron chi connectivity index (χ3n) is 5.63. The van der Waals surface area contributed by atoms with Crippen molar-refractivity contribution in [2.75, 3.05) is 34.4 Å². The standard InChI is InChI=1S/C16H25NO2.C8H7FO/c1-12(13-8-10-17(2)11-9-13)14-6-5-7-15(18-3)16(14)19-4;9-8-3-1-7(2-4-8)5-6-10/h5-7,12-13H,8-11H2,1-4H3;1-4,6H,5H2. The molecule has 4 nitrogen and oxygen atoms in total. The SMILES string of the molecule is COc1cccc(C(C)C2CCN(C)CC2)c1OC.O=CCc1ccc(F)cc1. The molecule has 1 saturated heterocycles. The minimum atomic E-state index is -0.269. The number of para-hydroxylation sites is 1. The summed E-state index contributed by atoms with van der Waals surface area (Å²) < 4.78 is 23.2. The molecule has 0 aromatic heterocycles. The summed E-state index contributed by atoms with van der Waals surface area (Å²) in [6.45, 7) is 4.70. The fourth-order valence-electron chi connectivity index (χ4n) is 3.77. The molecule has 0 radical (unpaired) electrons. The molecule has 5 heteroatoms. The van der Waals surface area contributed by atoms with E-state index >= 15 is 0 Å². The van der Waals surface area contributed by atoms with Gasteiger partial charge in [0.2, 0.25) is 0 Å². The van der Waals surface area contributed by atoms with Crippen molar-refractivity contribution >= 4 is 6.29 Å². The van der Waals surface area contributed by atoms with Crippen LogP contribution in [-0.4, -0.2) is 45.5 Å². The van der Waals surface area contributed by atoms with Crippen LogP contribution in [0.15, 0.2) is 42.5 Å². The van der Waals surface area contributed by atoms with Gasteiger partial charge in [-0.15, -0.1) is 0 Å². The molecule has 0 N–H and O–H groups in total. The molecule has 2 aromatic rings. The maximum absolute atomic E-state index is 12.2. The topological polar surface area (TPSA) is 38.8 Å². The number of hydrogen-bond donors (Lipinski definition) is 0. The van der Waals surface area contributed by atoms with Gasteiger partial charge in [0.15, 0.2) is 11.5 Å². The summed E-state index contributed by atoms with van der Waals surface area (Å²) in [4.78, 5) is 12.4. The zero-order valence-corrected chi connectivity index (χ0v) is 17.9. The third-order valence-corrected chi connectivity index (χ3v) is 5.63. The molecule has 29 heavy (non-hydrogen) atoms. The number of nitrogens with zero attached hydrogens (tertiary/aromatic N) is 1. The summed E-state index contributed by atoms with van der Waals surface area (Å²) in [5.74, 6) is 2.71. The van der Waals surface area contributed by atoms with E-state index < -0.39 is 0 Å². The quantitative estimate of drug-likeness (QED) is 0.657. The van der Waals surface area contributed by atoms with Crippen LogP contribution < -0.4 is 9.47 Å². The largest absolute Gasteiger partial charge is 0.493 e. The lowest BCUT2D eigenvalue weighted by atomic mass is 9.81. The van der Waals surface area contributed by atoms with Crippen molar-refractivity contribution in [3.05, 3.63) is 59.4 Å². The third kappa shape index (κ3) is 6.57. The van der Waals surface area contributed by atoms with Crippen LogP contribution in [0.4, 0.5) is 4.39 Å². The van der Waals surface area contributed by atoms with Crippen LogP contribution >= 0.6 is 0 Å². The molecule has 1 heterocycles. The summed E-state index contributed by atoms with van der Waals surface area (Å²) in [6, 6.07) is 12.1. The summed E-state index contributed by atoms with van der Waals surface area (Å²) in [7, 11) is 5.62. The highest BCUT2D eigenvalue weighted by molar-refractivity contribution is 5.54. The van der Waals surface area contributed by atoms with Crippen LogP contribution in [-0.2, 0) is 11.2 Å². The van der Waals surface area contributed by atoms with E-state index in [1.165, 1.54) is 43.6 Å². The van der Waals surface area contributed by atoms with Crippen molar-refractivity contribution in [1.29, 1.82) is 0 Å². The number of halogens is 1. The Bertz CT molecular complexity index is 755. The molecule has 3 rings (SSSR count). The molecule has 1 aliphatic rings. The molecule has 1 atom stereocenters. The number of piperidine rings is 1. The fourth-order valence-corrected chi connectivity index (χ4v) is 3.77. The summed E-state index contributed by atoms with van der Waals surface area (Å²) in [6.07, 6.45) is 3.68. The van der Waals surface area contributed by atoms with E-state index in [9.17, 15) is 9.18 Å². The molecule has 0 saturated carbocycles. The number of carbonyl (C=O) groups excluding carboxylic acids is 1. The molecular formula is C24H32FNO3. The lowest BCUT2D eigenvalue weighted by Crippen LogP contribution is -2.32. The van der Waals surface area contributed by atoms with Crippen molar-refractivity contribution in [3.63, 3.8) is 0 Å². The van der Waals surface area contributed by atoms with E-state index in [1.807, 2.05) is 6.07 Å². The summed E-state index contributed by atoms with van der Waals surface area (Å²) in [5.41, 5.74) is 2.12. The number of likely N-dealkylation sites (tertiary alicyclic amines) is 1. The fraction of sp³-hybridized carbons (Fsp3) is 0.458. The Labute approximate surface area is 173 Å². The van der Waals surface area contributed by atoms with Gasteiger partial charge in [0.05, 0.1) is 14.2 Å². The first-order valence-corrected chi connectivity index (χ1v) is 10.1. The second kappa shape index (κ2) is 11.6. The Balaban J connectivity index is 0.000000253. The first-order valence-electron chi connectivity index (χ1n) is 10.1. The molecule has 2 aromatic carbocycles. The number of rotatable bonds is 6. The second-order valence-corrected chi connectivity index (χ2v) is 7.51. The minimum absolute atomic E-state index is 0.269. The molecule has 0 aliphatic carbocycles. The second-order valence-electron chi connectivity index (χ2n) is 7.51. The van der Waals surface area contributed by atoms with Gasteiger partial charge in [-0.2, -0.15) is 0 Å². The van der Waals surface area contributed by atoms with E-state index in [-0.39, 0.29) is 5.82 Å². The van der Waals surface area contributed by atoms with Crippen molar-refractivity contribution in [1.82, 2.24) is 4.90 Å². The molecule has 1 fully saturated rings. The van der Waals surface area contributed by atoms with E-state index in [4.69, 9.17) is 9.47 Å². The first-order chi connectivity index (χ1) is 14.0. The summed E-state index contributed by atoms with van der Waals surface area (Å²) >= 11 is 0. The normalized spacial score (nSPS) is 15.8. The van der Waals surface area contributed by atoms with Crippen LogP contribution in [0.2, 0.25) is 0 Å². The van der Waals surface area contributed by atoms with Crippen LogP contribution in [0.5, 0.6) is 11.5 Å². The number of hydrogen-bond acceptors (Lipinski definition) is 4. The predicted molar refractivity (Wildman–Crippen MR) is 114 cm³/mol. The van der Waals surface area contributed by atoms with E-state index in [2.05, 4.69) is 31.0 Å². The Kier molecular flexibility index (Phi) is 9.13. The maximum atomic E-state index is 12.2. The molecule has 1 aliphatic heterocycles. The van der Waals surface area contributed by atoms with Crippen LogP contribution in [0.25, 0.3) is 0 Å². The summed E-state index contributed by atoms with van der Waals surface area (Å²) in [5, 5.41) is 0. The number of aldehydes is 1. The molecule has 0 bridgehead atoms. The number of methoxy groups -OCH3 is 2. The Morgan fingerprint density at radius 1 is 1.10 bits per heavy atom. The van der Waals surface area contributed by atoms with Crippen molar-refractivity contribution in [2.45, 2.75) is 32.1 Å². The van der Waals surface area contributed by atoms with Gasteiger partial charge in [-0.25, -0.2) is 4.39 Å². The van der Waals surface area contributed by atoms with Gasteiger partial charge in [0, 0.05) is 12.0 Å². The lowest BCUT2D eigenvalue weighted by Gasteiger charge is -2.33. The van der Waals surface area contributed by atoms with Gasteiger partial charge in [0.1, 0.15) is 12.1 Å². The van der Waals surface area contributed by atoms with Crippen LogP contribution in [0.3, 0.4) is 0 Å². The zero-order valence-electron chi connectivity index (χ0n) is 17.9.